The third kappa shape index (κ3) is 4.61. The Balaban J connectivity index is 1.93. The van der Waals surface area contributed by atoms with Crippen LogP contribution in [-0.4, -0.2) is 40.9 Å². The highest BCUT2D eigenvalue weighted by molar-refractivity contribution is 5.89. The van der Waals surface area contributed by atoms with Gasteiger partial charge in [-0.15, -0.1) is 0 Å². The van der Waals surface area contributed by atoms with Crippen LogP contribution in [-0.2, 0) is 16.1 Å². The first-order valence-electron chi connectivity index (χ1n) is 8.49. The zero-order chi connectivity index (χ0) is 18.8. The van der Waals surface area contributed by atoms with E-state index in [9.17, 15) is 14.4 Å². The zero-order valence-corrected chi connectivity index (χ0v) is 15.2. The number of hydrogen-bond acceptors (Lipinski definition) is 4. The smallest absolute Gasteiger partial charge is 0.339 e. The second-order valence-corrected chi connectivity index (χ2v) is 7.55. The minimum atomic E-state index is -1.05. The molecule has 1 saturated heterocycles. The third-order valence-corrected chi connectivity index (χ3v) is 4.36. The minimum absolute atomic E-state index is 0.0535. The molecule has 2 heterocycles. The van der Waals surface area contributed by atoms with Crippen molar-refractivity contribution in [1.29, 1.82) is 0 Å². The SMILES string of the molecule is Cc1oc(CNC(=O)C2CCCN(C(=O)C(C)(C)C)C2)cc1C(=O)O. The molecule has 138 valence electrons. The lowest BCUT2D eigenvalue weighted by Crippen LogP contribution is -2.48. The molecule has 7 nitrogen and oxygen atoms in total. The maximum atomic E-state index is 12.4. The second kappa shape index (κ2) is 7.29. The van der Waals surface area contributed by atoms with E-state index in [-0.39, 0.29) is 29.8 Å². The molecule has 25 heavy (non-hydrogen) atoms. The van der Waals surface area contributed by atoms with Crippen molar-refractivity contribution in [1.82, 2.24) is 10.2 Å². The molecule has 1 aromatic rings. The topological polar surface area (TPSA) is 99.9 Å². The van der Waals surface area contributed by atoms with E-state index in [1.54, 1.807) is 11.8 Å². The summed E-state index contributed by atoms with van der Waals surface area (Å²) in [5.41, 5.74) is -0.360. The number of rotatable bonds is 4. The fourth-order valence-electron chi connectivity index (χ4n) is 3.01. The number of hydrogen-bond donors (Lipinski definition) is 2. The number of amides is 2. The van der Waals surface area contributed by atoms with Crippen molar-refractivity contribution < 1.29 is 23.9 Å². The largest absolute Gasteiger partial charge is 0.478 e. The number of carbonyl (C=O) groups excluding carboxylic acids is 2. The molecule has 0 spiro atoms. The summed E-state index contributed by atoms with van der Waals surface area (Å²) in [5, 5.41) is 11.8. The highest BCUT2D eigenvalue weighted by Gasteiger charge is 2.33. The average molecular weight is 350 g/mol. The van der Waals surface area contributed by atoms with E-state index in [0.717, 1.165) is 12.8 Å². The summed E-state index contributed by atoms with van der Waals surface area (Å²) in [6.07, 6.45) is 1.53. The molecule has 0 saturated carbocycles. The number of carboxylic acid groups (broad SMARTS) is 1. The van der Waals surface area contributed by atoms with E-state index in [1.165, 1.54) is 6.07 Å². The van der Waals surface area contributed by atoms with Gasteiger partial charge in [0.25, 0.3) is 0 Å². The molecule has 7 heteroatoms. The second-order valence-electron chi connectivity index (χ2n) is 7.55. The van der Waals surface area contributed by atoms with Crippen LogP contribution in [0.1, 0.15) is 55.5 Å². The Bertz CT molecular complexity index is 671. The molecule has 2 N–H and O–H groups in total. The van der Waals surface area contributed by atoms with Crippen LogP contribution in [0.5, 0.6) is 0 Å². The van der Waals surface area contributed by atoms with Gasteiger partial charge in [-0.3, -0.25) is 9.59 Å². The van der Waals surface area contributed by atoms with E-state index in [0.29, 0.717) is 24.6 Å². The van der Waals surface area contributed by atoms with Crippen molar-refractivity contribution >= 4 is 17.8 Å². The summed E-state index contributed by atoms with van der Waals surface area (Å²) in [4.78, 5) is 37.6. The summed E-state index contributed by atoms with van der Waals surface area (Å²) in [6, 6.07) is 1.42. The third-order valence-electron chi connectivity index (χ3n) is 4.36. The number of furan rings is 1. The molecule has 1 aliphatic heterocycles. The maximum Gasteiger partial charge on any atom is 0.339 e. The molecule has 0 aliphatic carbocycles. The normalized spacial score (nSPS) is 18.1. The summed E-state index contributed by atoms with van der Waals surface area (Å²) >= 11 is 0. The molecule has 2 amide bonds. The van der Waals surface area contributed by atoms with Crippen molar-refractivity contribution in [3.05, 3.63) is 23.2 Å². The molecule has 0 aromatic carbocycles. The molecule has 1 fully saturated rings. The Morgan fingerprint density at radius 2 is 2.04 bits per heavy atom. The van der Waals surface area contributed by atoms with Crippen LogP contribution < -0.4 is 5.32 Å². The van der Waals surface area contributed by atoms with Crippen LogP contribution in [0.25, 0.3) is 0 Å². The van der Waals surface area contributed by atoms with E-state index in [2.05, 4.69) is 5.32 Å². The van der Waals surface area contributed by atoms with Crippen molar-refractivity contribution in [3.63, 3.8) is 0 Å². The van der Waals surface area contributed by atoms with Crippen LogP contribution in [0.4, 0.5) is 0 Å². The highest BCUT2D eigenvalue weighted by Crippen LogP contribution is 2.24. The lowest BCUT2D eigenvalue weighted by Gasteiger charge is -2.35. The van der Waals surface area contributed by atoms with Crippen LogP contribution in [0.15, 0.2) is 10.5 Å². The van der Waals surface area contributed by atoms with Gasteiger partial charge in [-0.05, 0) is 25.8 Å². The predicted molar refractivity (Wildman–Crippen MR) is 91.0 cm³/mol. The van der Waals surface area contributed by atoms with Crippen LogP contribution in [0.3, 0.4) is 0 Å². The van der Waals surface area contributed by atoms with Crippen LogP contribution in [0, 0.1) is 18.3 Å². The number of aryl methyl sites for hydroxylation is 1. The van der Waals surface area contributed by atoms with E-state index in [4.69, 9.17) is 9.52 Å². The molecule has 1 aromatic heterocycles. The van der Waals surface area contributed by atoms with Crippen LogP contribution in [0.2, 0.25) is 0 Å². The molecule has 1 atom stereocenters. The highest BCUT2D eigenvalue weighted by atomic mass is 16.4. The zero-order valence-electron chi connectivity index (χ0n) is 15.2. The van der Waals surface area contributed by atoms with Crippen molar-refractivity contribution in [2.45, 2.75) is 47.1 Å². The molecular formula is C18H26N2O5. The maximum absolute atomic E-state index is 12.4. The summed E-state index contributed by atoms with van der Waals surface area (Å²) in [7, 11) is 0. The molecular weight excluding hydrogens is 324 g/mol. The van der Waals surface area contributed by atoms with Gasteiger partial charge < -0.3 is 19.7 Å². The van der Waals surface area contributed by atoms with Gasteiger partial charge in [0.15, 0.2) is 0 Å². The molecule has 1 aliphatic rings. The fourth-order valence-corrected chi connectivity index (χ4v) is 3.01. The van der Waals surface area contributed by atoms with E-state index < -0.39 is 11.4 Å². The number of carboxylic acids is 1. The quantitative estimate of drug-likeness (QED) is 0.867. The van der Waals surface area contributed by atoms with Crippen molar-refractivity contribution in [2.24, 2.45) is 11.3 Å². The molecule has 0 radical (unpaired) electrons. The number of aromatic carboxylic acids is 1. The van der Waals surface area contributed by atoms with Gasteiger partial charge in [-0.2, -0.15) is 0 Å². The van der Waals surface area contributed by atoms with Gasteiger partial charge >= 0.3 is 5.97 Å². The lowest BCUT2D eigenvalue weighted by atomic mass is 9.91. The number of likely N-dealkylation sites (tertiary alicyclic amines) is 1. The Kier molecular flexibility index (Phi) is 5.55. The van der Waals surface area contributed by atoms with E-state index >= 15 is 0 Å². The average Bonchev–Trinajstić information content (AvgIpc) is 2.92. The van der Waals surface area contributed by atoms with Gasteiger partial charge in [-0.1, -0.05) is 20.8 Å². The summed E-state index contributed by atoms with van der Waals surface area (Å²) < 4.78 is 5.36. The minimum Gasteiger partial charge on any atom is -0.478 e. The number of piperidine rings is 1. The standard InChI is InChI=1S/C18H26N2O5/c1-11-14(16(22)23)8-13(25-11)9-19-15(21)12-6-5-7-20(10-12)17(24)18(2,3)4/h8,12H,5-7,9-10H2,1-4H3,(H,19,21)(H,22,23). The summed E-state index contributed by atoms with van der Waals surface area (Å²) in [5.74, 6) is -0.675. The molecule has 1 unspecified atom stereocenters. The number of carbonyl (C=O) groups is 3. The summed E-state index contributed by atoms with van der Waals surface area (Å²) in [6.45, 7) is 8.43. The van der Waals surface area contributed by atoms with Crippen molar-refractivity contribution in [2.75, 3.05) is 13.1 Å². The Labute approximate surface area is 147 Å². The fraction of sp³-hybridized carbons (Fsp3) is 0.611. The van der Waals surface area contributed by atoms with Gasteiger partial charge in [-0.25, -0.2) is 4.79 Å². The van der Waals surface area contributed by atoms with E-state index in [1.807, 2.05) is 20.8 Å². The lowest BCUT2D eigenvalue weighted by molar-refractivity contribution is -0.142. The van der Waals surface area contributed by atoms with Gasteiger partial charge in [0.1, 0.15) is 17.1 Å². The van der Waals surface area contributed by atoms with Gasteiger partial charge in [0.05, 0.1) is 12.5 Å². The Morgan fingerprint density at radius 1 is 1.36 bits per heavy atom. The van der Waals surface area contributed by atoms with Gasteiger partial charge in [0.2, 0.25) is 11.8 Å². The first-order valence-corrected chi connectivity index (χ1v) is 8.49. The Morgan fingerprint density at radius 3 is 2.60 bits per heavy atom. The monoisotopic (exact) mass is 350 g/mol. The predicted octanol–water partition coefficient (Wildman–Crippen LogP) is 2.19. The van der Waals surface area contributed by atoms with Crippen LogP contribution >= 0.6 is 0 Å². The first-order chi connectivity index (χ1) is 11.6. The Hall–Kier alpha value is -2.31. The molecule has 0 bridgehead atoms. The number of nitrogens with one attached hydrogen (secondary N) is 1. The van der Waals surface area contributed by atoms with Gasteiger partial charge in [0, 0.05) is 18.5 Å². The number of nitrogens with zero attached hydrogens (tertiary/aromatic N) is 1. The van der Waals surface area contributed by atoms with Crippen molar-refractivity contribution in [3.8, 4) is 0 Å². The molecule has 2 rings (SSSR count). The first kappa shape index (κ1) is 19.0.